The van der Waals surface area contributed by atoms with Crippen molar-refractivity contribution in [2.45, 2.75) is 135 Å². The van der Waals surface area contributed by atoms with Crippen LogP contribution in [0.5, 0.6) is 0 Å². The van der Waals surface area contributed by atoms with Gasteiger partial charge >= 0.3 is 18.2 Å². The smallest absolute Gasteiger partial charge is 0.458 e. The molecule has 0 aliphatic carbocycles. The molecule has 0 aromatic heterocycles. The molecule has 14 atom stereocenters. The van der Waals surface area contributed by atoms with Gasteiger partial charge in [0, 0.05) is 26.0 Å². The average Bonchev–Trinajstić information content (AvgIpc) is 3.45. The fourth-order valence-corrected chi connectivity index (χ4v) is 7.52. The topological polar surface area (TPSA) is 156 Å². The van der Waals surface area contributed by atoms with E-state index in [2.05, 4.69) is 0 Å². The number of ether oxygens (including phenoxy) is 7. The summed E-state index contributed by atoms with van der Waals surface area (Å²) in [6.07, 6.45) is -6.65. The van der Waals surface area contributed by atoms with Crippen LogP contribution < -0.4 is 0 Å². The lowest BCUT2D eigenvalue weighted by Crippen LogP contribution is -2.59. The van der Waals surface area contributed by atoms with Gasteiger partial charge in [-0.05, 0) is 47.0 Å². The maximum atomic E-state index is 13.9. The lowest BCUT2D eigenvalue weighted by atomic mass is 9.74. The van der Waals surface area contributed by atoms with Crippen LogP contribution in [0.2, 0.25) is 0 Å². The number of aliphatic hydroxyl groups is 1. The van der Waals surface area contributed by atoms with Crippen LogP contribution in [-0.2, 0) is 42.7 Å². The van der Waals surface area contributed by atoms with Gasteiger partial charge in [-0.25, -0.2) is 9.59 Å². The molecule has 0 saturated carbocycles. The number of likely N-dealkylation sites (N-methyl/N-ethyl adjacent to an activating group) is 1. The Morgan fingerprint density at radius 2 is 1.66 bits per heavy atom. The number of ketones is 1. The van der Waals surface area contributed by atoms with Gasteiger partial charge in [-0.3, -0.25) is 9.59 Å². The predicted molar refractivity (Wildman–Crippen MR) is 153 cm³/mol. The second-order valence-corrected chi connectivity index (χ2v) is 13.5. The number of amides is 1. The number of carbonyl (C=O) groups excluding carboxylic acids is 4. The molecule has 0 radical (unpaired) electrons. The maximum Gasteiger partial charge on any atom is 0.509 e. The number of carbonyl (C=O) groups is 4. The number of nitrogens with zero attached hydrogens (tertiary/aromatic N) is 1. The number of Topliss-reactive ketones (excluding diaryl/α,β-unsaturated/α-hetero) is 1. The zero-order chi connectivity index (χ0) is 32.9. The average molecular weight is 628 g/mol. The first-order valence-corrected chi connectivity index (χ1v) is 15.6. The number of hydrogen-bond donors (Lipinski definition) is 1. The first-order valence-electron chi connectivity index (χ1n) is 15.6. The largest absolute Gasteiger partial charge is 0.509 e. The van der Waals surface area contributed by atoms with Gasteiger partial charge < -0.3 is 43.2 Å². The van der Waals surface area contributed by atoms with Crippen LogP contribution in [0.1, 0.15) is 74.7 Å². The van der Waals surface area contributed by atoms with E-state index in [1.54, 1.807) is 55.5 Å². The van der Waals surface area contributed by atoms with Crippen molar-refractivity contribution in [1.29, 1.82) is 0 Å². The molecular formula is C31H49NO12. The summed E-state index contributed by atoms with van der Waals surface area (Å²) in [6, 6.07) is -0.282. The van der Waals surface area contributed by atoms with Crippen LogP contribution in [0.25, 0.3) is 0 Å². The van der Waals surface area contributed by atoms with Crippen molar-refractivity contribution in [3.05, 3.63) is 0 Å². The zero-order valence-corrected chi connectivity index (χ0v) is 27.4. The second kappa shape index (κ2) is 12.7. The maximum absolute atomic E-state index is 13.9. The molecule has 4 aliphatic rings. The minimum Gasteiger partial charge on any atom is -0.458 e. The van der Waals surface area contributed by atoms with E-state index in [0.29, 0.717) is 6.42 Å². The van der Waals surface area contributed by atoms with Crippen molar-refractivity contribution in [3.63, 3.8) is 0 Å². The highest BCUT2D eigenvalue weighted by molar-refractivity contribution is 5.84. The third-order valence-corrected chi connectivity index (χ3v) is 10.3. The summed E-state index contributed by atoms with van der Waals surface area (Å²) < 4.78 is 41.5. The fraction of sp³-hybridized carbons (Fsp3) is 0.871. The number of aliphatic hydroxyl groups excluding tert-OH is 1. The molecule has 44 heavy (non-hydrogen) atoms. The first kappa shape index (κ1) is 34.4. The monoisotopic (exact) mass is 627 g/mol. The molecule has 13 heteroatoms. The minimum atomic E-state index is -1.43. The van der Waals surface area contributed by atoms with Gasteiger partial charge in [0.1, 0.15) is 11.9 Å². The van der Waals surface area contributed by atoms with Gasteiger partial charge in [0.2, 0.25) is 0 Å². The number of rotatable bonds is 4. The summed E-state index contributed by atoms with van der Waals surface area (Å²) in [4.78, 5) is 53.8. The molecule has 4 heterocycles. The fourth-order valence-electron chi connectivity index (χ4n) is 7.52. The van der Waals surface area contributed by atoms with Crippen molar-refractivity contribution in [1.82, 2.24) is 4.90 Å². The van der Waals surface area contributed by atoms with Crippen molar-refractivity contribution in [2.24, 2.45) is 23.7 Å². The van der Waals surface area contributed by atoms with E-state index in [-0.39, 0.29) is 30.8 Å². The van der Waals surface area contributed by atoms with E-state index in [9.17, 15) is 24.3 Å². The van der Waals surface area contributed by atoms with Crippen LogP contribution in [0.3, 0.4) is 0 Å². The summed E-state index contributed by atoms with van der Waals surface area (Å²) in [5.41, 5.74) is -2.63. The summed E-state index contributed by atoms with van der Waals surface area (Å²) in [6.45, 7) is 13.7. The second-order valence-electron chi connectivity index (χ2n) is 13.5. The highest BCUT2D eigenvalue weighted by Crippen LogP contribution is 2.43. The Morgan fingerprint density at radius 1 is 1.00 bits per heavy atom. The summed E-state index contributed by atoms with van der Waals surface area (Å²) in [5, 5.41) is 11.6. The van der Waals surface area contributed by atoms with Crippen LogP contribution in [0.4, 0.5) is 9.59 Å². The normalized spacial score (nSPS) is 47.1. The van der Waals surface area contributed by atoms with Crippen LogP contribution >= 0.6 is 0 Å². The lowest BCUT2D eigenvalue weighted by molar-refractivity contribution is -0.291. The Labute approximate surface area is 259 Å². The summed E-state index contributed by atoms with van der Waals surface area (Å²) >= 11 is 0. The van der Waals surface area contributed by atoms with E-state index < -0.39 is 89.9 Å². The van der Waals surface area contributed by atoms with Crippen molar-refractivity contribution in [2.75, 3.05) is 14.2 Å². The van der Waals surface area contributed by atoms with Gasteiger partial charge in [-0.15, -0.1) is 0 Å². The molecule has 250 valence electrons. The third kappa shape index (κ3) is 6.04. The Balaban J connectivity index is 1.75. The van der Waals surface area contributed by atoms with Gasteiger partial charge in [-0.1, -0.05) is 27.7 Å². The Morgan fingerprint density at radius 3 is 2.27 bits per heavy atom. The van der Waals surface area contributed by atoms with Crippen molar-refractivity contribution < 1.29 is 57.4 Å². The Hall–Kier alpha value is -2.48. The molecule has 4 fully saturated rings. The van der Waals surface area contributed by atoms with Crippen molar-refractivity contribution >= 4 is 24.0 Å². The SMILES string of the molecule is CC[C@H]1OC(=O)[C@H](C)[C@@H](O)[C@H](C)[C@@H](OC2O[C@H](C)C[C@H]3C2OC(=O)N3C)[C@](C)(OC)C[C@@H](C)C(=O)[C@H](C)[C@H]2OC(=O)O[C@@]21C. The van der Waals surface area contributed by atoms with E-state index in [1.165, 1.54) is 12.0 Å². The van der Waals surface area contributed by atoms with E-state index in [1.807, 2.05) is 6.92 Å². The van der Waals surface area contributed by atoms with Gasteiger partial charge in [0.25, 0.3) is 0 Å². The number of hydrogen-bond acceptors (Lipinski definition) is 12. The minimum absolute atomic E-state index is 0.152. The number of fused-ring (bicyclic) bond motifs is 2. The highest BCUT2D eigenvalue weighted by atomic mass is 16.8. The molecule has 0 bridgehead atoms. The predicted octanol–water partition coefficient (Wildman–Crippen LogP) is 3.22. The van der Waals surface area contributed by atoms with E-state index in [4.69, 9.17) is 33.2 Å². The molecule has 4 rings (SSSR count). The quantitative estimate of drug-likeness (QED) is 0.359. The zero-order valence-electron chi connectivity index (χ0n) is 27.4. The van der Waals surface area contributed by atoms with E-state index in [0.717, 1.165) is 0 Å². The van der Waals surface area contributed by atoms with Crippen LogP contribution in [0.15, 0.2) is 0 Å². The molecule has 13 nitrogen and oxygen atoms in total. The third-order valence-electron chi connectivity index (χ3n) is 10.3. The molecule has 1 N–H and O–H groups in total. The van der Waals surface area contributed by atoms with Crippen molar-refractivity contribution in [3.8, 4) is 0 Å². The summed E-state index contributed by atoms with van der Waals surface area (Å²) in [7, 11) is 3.15. The molecule has 1 amide bonds. The number of methoxy groups -OCH3 is 1. The highest BCUT2D eigenvalue weighted by Gasteiger charge is 2.59. The molecule has 0 spiro atoms. The molecular weight excluding hydrogens is 578 g/mol. The van der Waals surface area contributed by atoms with Gasteiger partial charge in [0.05, 0.1) is 41.8 Å². The van der Waals surface area contributed by atoms with Crippen LogP contribution in [0, 0.1) is 23.7 Å². The Bertz CT molecular complexity index is 1120. The molecule has 4 saturated heterocycles. The van der Waals surface area contributed by atoms with E-state index >= 15 is 0 Å². The standard InChI is InChI=1S/C31H49NO12/c1-11-20-31(8)25(43-29(37)44-31)16(4)21(33)14(2)13-30(7,38-10)24(17(5)22(34)18(6)26(35)40-20)42-27-23-19(12-15(3)39-27)32(9)28(36)41-23/h14-20,22-25,27,34H,11-13H2,1-10H3/t14-,15-,16+,17+,18-,19+,20-,22+,23?,24-,25-,27?,30-,31-/m1/s1. The molecule has 0 aromatic carbocycles. The molecule has 2 unspecified atom stereocenters. The van der Waals surface area contributed by atoms with Crippen LogP contribution in [-0.4, -0.2) is 108 Å². The number of esters is 1. The van der Waals surface area contributed by atoms with Gasteiger partial charge in [-0.2, -0.15) is 0 Å². The Kier molecular flexibility index (Phi) is 9.95. The van der Waals surface area contributed by atoms with Gasteiger partial charge in [0.15, 0.2) is 24.1 Å². The first-order chi connectivity index (χ1) is 20.5. The lowest BCUT2D eigenvalue weighted by Gasteiger charge is -2.47. The molecule has 4 aliphatic heterocycles. The summed E-state index contributed by atoms with van der Waals surface area (Å²) in [5.74, 6) is -4.14. The molecule has 0 aromatic rings. The number of cyclic esters (lactones) is 1.